The summed E-state index contributed by atoms with van der Waals surface area (Å²) in [6.45, 7) is 3.20. The van der Waals surface area contributed by atoms with E-state index in [4.69, 9.17) is 0 Å². The van der Waals surface area contributed by atoms with Crippen LogP contribution < -0.4 is 5.32 Å². The third-order valence-electron chi connectivity index (χ3n) is 3.12. The monoisotopic (exact) mass is 269 g/mol. The fourth-order valence-electron chi connectivity index (χ4n) is 1.87. The Bertz CT molecular complexity index is 533. The van der Waals surface area contributed by atoms with Gasteiger partial charge in [-0.2, -0.15) is 0 Å². The van der Waals surface area contributed by atoms with E-state index < -0.39 is 15.9 Å². The number of rotatable bonds is 5. The molecule has 18 heavy (non-hydrogen) atoms. The molecule has 2 N–H and O–H groups in total. The topological polar surface area (TPSA) is 66.4 Å². The molecule has 0 radical (unpaired) electrons. The predicted molar refractivity (Wildman–Crippen MR) is 71.4 cm³/mol. The van der Waals surface area contributed by atoms with E-state index in [9.17, 15) is 13.5 Å². The van der Waals surface area contributed by atoms with Gasteiger partial charge in [0.2, 0.25) is 0 Å². The van der Waals surface area contributed by atoms with Crippen LogP contribution in [0.25, 0.3) is 0 Å². The summed E-state index contributed by atoms with van der Waals surface area (Å²) in [7, 11) is -3.29. The van der Waals surface area contributed by atoms with Gasteiger partial charge in [-0.15, -0.1) is 0 Å². The summed E-state index contributed by atoms with van der Waals surface area (Å²) < 4.78 is 23.9. The van der Waals surface area contributed by atoms with Crippen LogP contribution in [-0.4, -0.2) is 25.3 Å². The Morgan fingerprint density at radius 3 is 2.61 bits per heavy atom. The number of hydrogen-bond donors (Lipinski definition) is 2. The lowest BCUT2D eigenvalue weighted by molar-refractivity contribution is 0.196. The standard InChI is InChI=1S/C13H19NO3S/c1-3-18(16,17)13-7-6-11(14-10-4-5-10)8-12(13)9(2)15/h6-10,14-15H,3-5H2,1-2H3. The molecule has 1 atom stereocenters. The van der Waals surface area contributed by atoms with Crippen LogP contribution in [0.1, 0.15) is 38.4 Å². The van der Waals surface area contributed by atoms with Crippen molar-refractivity contribution in [1.82, 2.24) is 0 Å². The maximum atomic E-state index is 11.9. The number of hydrogen-bond acceptors (Lipinski definition) is 4. The minimum atomic E-state index is -3.29. The third kappa shape index (κ3) is 2.84. The van der Waals surface area contributed by atoms with Crippen molar-refractivity contribution in [2.75, 3.05) is 11.1 Å². The average Bonchev–Trinajstić information content (AvgIpc) is 3.12. The quantitative estimate of drug-likeness (QED) is 0.859. The molecule has 0 bridgehead atoms. The van der Waals surface area contributed by atoms with Crippen LogP contribution in [0.4, 0.5) is 5.69 Å². The lowest BCUT2D eigenvalue weighted by Gasteiger charge is -2.14. The van der Waals surface area contributed by atoms with Gasteiger partial charge >= 0.3 is 0 Å². The molecular weight excluding hydrogens is 250 g/mol. The summed E-state index contributed by atoms with van der Waals surface area (Å²) in [5.74, 6) is 0.0438. The first-order valence-electron chi connectivity index (χ1n) is 6.25. The molecule has 1 saturated carbocycles. The van der Waals surface area contributed by atoms with E-state index in [1.54, 1.807) is 32.0 Å². The molecule has 0 amide bonds. The van der Waals surface area contributed by atoms with Crippen LogP contribution in [0.15, 0.2) is 23.1 Å². The van der Waals surface area contributed by atoms with Crippen LogP contribution in [0, 0.1) is 0 Å². The highest BCUT2D eigenvalue weighted by Crippen LogP contribution is 2.30. The Kier molecular flexibility index (Phi) is 3.64. The molecule has 2 rings (SSSR count). The molecule has 100 valence electrons. The Balaban J connectivity index is 2.40. The van der Waals surface area contributed by atoms with Crippen molar-refractivity contribution in [2.24, 2.45) is 0 Å². The average molecular weight is 269 g/mol. The van der Waals surface area contributed by atoms with Crippen LogP contribution in [-0.2, 0) is 9.84 Å². The summed E-state index contributed by atoms with van der Waals surface area (Å²) in [4.78, 5) is 0.237. The van der Waals surface area contributed by atoms with Crippen molar-refractivity contribution >= 4 is 15.5 Å². The number of anilines is 1. The first kappa shape index (κ1) is 13.4. The first-order valence-corrected chi connectivity index (χ1v) is 7.90. The van der Waals surface area contributed by atoms with Gasteiger partial charge in [-0.25, -0.2) is 8.42 Å². The molecule has 1 aromatic carbocycles. The van der Waals surface area contributed by atoms with Crippen molar-refractivity contribution in [3.63, 3.8) is 0 Å². The number of nitrogens with one attached hydrogen (secondary N) is 1. The second kappa shape index (κ2) is 4.90. The summed E-state index contributed by atoms with van der Waals surface area (Å²) in [5.41, 5.74) is 1.35. The lowest BCUT2D eigenvalue weighted by Crippen LogP contribution is -2.10. The van der Waals surface area contributed by atoms with Gasteiger partial charge in [0.15, 0.2) is 9.84 Å². The van der Waals surface area contributed by atoms with Crippen molar-refractivity contribution in [3.8, 4) is 0 Å². The highest BCUT2D eigenvalue weighted by molar-refractivity contribution is 7.91. The van der Waals surface area contributed by atoms with E-state index in [0.29, 0.717) is 11.6 Å². The highest BCUT2D eigenvalue weighted by atomic mass is 32.2. The normalized spacial score (nSPS) is 17.5. The maximum absolute atomic E-state index is 11.9. The molecule has 5 heteroatoms. The number of aliphatic hydroxyl groups is 1. The molecule has 1 aliphatic rings. The SMILES string of the molecule is CCS(=O)(=O)c1ccc(NC2CC2)cc1C(C)O. The van der Waals surface area contributed by atoms with Crippen LogP contribution in [0.2, 0.25) is 0 Å². The molecule has 0 spiro atoms. The molecule has 0 heterocycles. The minimum absolute atomic E-state index is 0.0438. The largest absolute Gasteiger partial charge is 0.389 e. The fourth-order valence-corrected chi connectivity index (χ4v) is 3.04. The van der Waals surface area contributed by atoms with Crippen molar-refractivity contribution in [2.45, 2.75) is 43.7 Å². The van der Waals surface area contributed by atoms with E-state index in [0.717, 1.165) is 18.5 Å². The van der Waals surface area contributed by atoms with Gasteiger partial charge in [-0.1, -0.05) is 6.92 Å². The zero-order valence-electron chi connectivity index (χ0n) is 10.7. The van der Waals surface area contributed by atoms with Gasteiger partial charge in [0.25, 0.3) is 0 Å². The van der Waals surface area contributed by atoms with Crippen LogP contribution in [0.3, 0.4) is 0 Å². The summed E-state index contributed by atoms with van der Waals surface area (Å²) >= 11 is 0. The van der Waals surface area contributed by atoms with Gasteiger partial charge in [0.1, 0.15) is 0 Å². The van der Waals surface area contributed by atoms with Gasteiger partial charge in [0.05, 0.1) is 16.8 Å². The number of benzene rings is 1. The van der Waals surface area contributed by atoms with Gasteiger partial charge in [-0.3, -0.25) is 0 Å². The smallest absolute Gasteiger partial charge is 0.178 e. The maximum Gasteiger partial charge on any atom is 0.178 e. The predicted octanol–water partition coefficient (Wildman–Crippen LogP) is 2.11. The number of aliphatic hydroxyl groups excluding tert-OH is 1. The zero-order chi connectivity index (χ0) is 13.3. The van der Waals surface area contributed by atoms with E-state index in [1.165, 1.54) is 0 Å². The first-order chi connectivity index (χ1) is 8.44. The van der Waals surface area contributed by atoms with E-state index in [-0.39, 0.29) is 10.6 Å². The molecular formula is C13H19NO3S. The summed E-state index contributed by atoms with van der Waals surface area (Å²) in [5, 5.41) is 13.0. The third-order valence-corrected chi connectivity index (χ3v) is 4.93. The van der Waals surface area contributed by atoms with E-state index in [2.05, 4.69) is 5.32 Å². The highest BCUT2D eigenvalue weighted by Gasteiger charge is 2.23. The molecule has 0 saturated heterocycles. The van der Waals surface area contributed by atoms with Crippen molar-refractivity contribution in [1.29, 1.82) is 0 Å². The Morgan fingerprint density at radius 1 is 1.44 bits per heavy atom. The van der Waals surface area contributed by atoms with Crippen LogP contribution >= 0.6 is 0 Å². The molecule has 4 nitrogen and oxygen atoms in total. The molecule has 1 aliphatic carbocycles. The molecule has 1 unspecified atom stereocenters. The van der Waals surface area contributed by atoms with E-state index in [1.807, 2.05) is 0 Å². The molecule has 0 aliphatic heterocycles. The second-order valence-corrected chi connectivity index (χ2v) is 7.00. The Labute approximate surface area is 108 Å². The van der Waals surface area contributed by atoms with Crippen molar-refractivity contribution < 1.29 is 13.5 Å². The zero-order valence-corrected chi connectivity index (χ0v) is 11.5. The Morgan fingerprint density at radius 2 is 2.11 bits per heavy atom. The second-order valence-electron chi connectivity index (χ2n) is 4.75. The van der Waals surface area contributed by atoms with Crippen LogP contribution in [0.5, 0.6) is 0 Å². The minimum Gasteiger partial charge on any atom is -0.389 e. The number of sulfone groups is 1. The van der Waals surface area contributed by atoms with Crippen molar-refractivity contribution in [3.05, 3.63) is 23.8 Å². The van der Waals surface area contributed by atoms with Gasteiger partial charge in [-0.05, 0) is 38.0 Å². The molecule has 1 aromatic rings. The fraction of sp³-hybridized carbons (Fsp3) is 0.538. The van der Waals surface area contributed by atoms with E-state index >= 15 is 0 Å². The molecule has 1 fully saturated rings. The van der Waals surface area contributed by atoms with Gasteiger partial charge in [0, 0.05) is 17.3 Å². The lowest BCUT2D eigenvalue weighted by atomic mass is 10.1. The summed E-state index contributed by atoms with van der Waals surface area (Å²) in [6.07, 6.45) is 1.51. The molecule has 0 aromatic heterocycles. The Hall–Kier alpha value is -1.07. The summed E-state index contributed by atoms with van der Waals surface area (Å²) in [6, 6.07) is 5.60. The van der Waals surface area contributed by atoms with Gasteiger partial charge < -0.3 is 10.4 Å².